The first-order chi connectivity index (χ1) is 7.70. The molecule has 84 valence electrons. The van der Waals surface area contributed by atoms with Crippen LogP contribution in [0.5, 0.6) is 0 Å². The fourth-order valence-corrected chi connectivity index (χ4v) is 1.67. The zero-order chi connectivity index (χ0) is 11.5. The molecule has 0 aliphatic carbocycles. The molecular weight excluding hydrogens is 277 g/mol. The third-order valence-corrected chi connectivity index (χ3v) is 2.65. The molecule has 0 radical (unpaired) electrons. The summed E-state index contributed by atoms with van der Waals surface area (Å²) in [6.07, 6.45) is 0. The first-order valence-corrected chi connectivity index (χ1v) is 5.42. The van der Waals surface area contributed by atoms with Crippen LogP contribution in [0.1, 0.15) is 5.82 Å². The topological polar surface area (TPSA) is 51.0 Å². The molecule has 0 fully saturated rings. The largest absolute Gasteiger partial charge is 0.334 e. The highest BCUT2D eigenvalue weighted by atomic mass is 79.9. The minimum absolute atomic E-state index is 0.302. The number of benzene rings is 1. The van der Waals surface area contributed by atoms with E-state index in [1.165, 1.54) is 12.1 Å². The molecule has 16 heavy (non-hydrogen) atoms. The van der Waals surface area contributed by atoms with E-state index in [0.717, 1.165) is 0 Å². The van der Waals surface area contributed by atoms with E-state index in [2.05, 4.69) is 31.4 Å². The minimum atomic E-state index is -0.341. The second-order valence-electron chi connectivity index (χ2n) is 3.17. The lowest BCUT2D eigenvalue weighted by Gasteiger charge is -1.97. The van der Waals surface area contributed by atoms with Crippen molar-refractivity contribution in [3.05, 3.63) is 34.3 Å². The van der Waals surface area contributed by atoms with Crippen molar-refractivity contribution >= 4 is 15.9 Å². The van der Waals surface area contributed by atoms with E-state index in [9.17, 15) is 4.39 Å². The molecule has 2 rings (SSSR count). The summed E-state index contributed by atoms with van der Waals surface area (Å²) >= 11 is 3.31. The predicted octanol–water partition coefficient (Wildman–Crippen LogP) is 2.36. The number of halogens is 2. The molecule has 0 atom stereocenters. The van der Waals surface area contributed by atoms with Crippen molar-refractivity contribution in [3.8, 4) is 11.5 Å². The molecule has 4 nitrogen and oxygen atoms in total. The lowest BCUT2D eigenvalue weighted by molar-refractivity contribution is 0.420. The summed E-state index contributed by atoms with van der Waals surface area (Å²) in [5, 5.41) is 6.67. The van der Waals surface area contributed by atoms with Crippen LogP contribution >= 0.6 is 15.9 Å². The number of rotatable bonds is 3. The van der Waals surface area contributed by atoms with Gasteiger partial charge in [0, 0.05) is 4.47 Å². The average Bonchev–Trinajstić information content (AvgIpc) is 2.71. The average molecular weight is 286 g/mol. The molecule has 1 N–H and O–H groups in total. The summed E-state index contributed by atoms with van der Waals surface area (Å²) in [5.41, 5.74) is 0.551. The van der Waals surface area contributed by atoms with Crippen molar-refractivity contribution in [2.24, 2.45) is 0 Å². The van der Waals surface area contributed by atoms with Crippen molar-refractivity contribution in [2.75, 3.05) is 7.05 Å². The van der Waals surface area contributed by atoms with Gasteiger partial charge < -0.3 is 9.84 Å². The smallest absolute Gasteiger partial charge is 0.259 e. The molecule has 0 unspecified atom stereocenters. The van der Waals surface area contributed by atoms with Gasteiger partial charge in [-0.3, -0.25) is 0 Å². The fraction of sp³-hybridized carbons (Fsp3) is 0.200. The summed E-state index contributed by atoms with van der Waals surface area (Å²) in [6, 6.07) is 4.31. The monoisotopic (exact) mass is 285 g/mol. The summed E-state index contributed by atoms with van der Waals surface area (Å²) in [4.78, 5) is 4.14. The van der Waals surface area contributed by atoms with Gasteiger partial charge in [-0.15, -0.1) is 0 Å². The molecule has 1 aromatic carbocycles. The Morgan fingerprint density at radius 1 is 1.50 bits per heavy atom. The maximum absolute atomic E-state index is 13.1. The summed E-state index contributed by atoms with van der Waals surface area (Å²) in [6.45, 7) is 0.510. The molecule has 0 saturated carbocycles. The quantitative estimate of drug-likeness (QED) is 0.941. The number of hydrogen-bond donors (Lipinski definition) is 1. The van der Waals surface area contributed by atoms with Crippen LogP contribution in [0.15, 0.2) is 27.2 Å². The zero-order valence-corrected chi connectivity index (χ0v) is 10.1. The van der Waals surface area contributed by atoms with Gasteiger partial charge in [0.15, 0.2) is 5.82 Å². The van der Waals surface area contributed by atoms with E-state index in [-0.39, 0.29) is 5.82 Å². The van der Waals surface area contributed by atoms with Crippen LogP contribution in [-0.2, 0) is 6.54 Å². The van der Waals surface area contributed by atoms with E-state index < -0.39 is 0 Å². The Labute approximate surface area is 100.0 Å². The molecule has 0 spiro atoms. The van der Waals surface area contributed by atoms with Crippen molar-refractivity contribution in [2.45, 2.75) is 6.54 Å². The van der Waals surface area contributed by atoms with Crippen LogP contribution < -0.4 is 5.32 Å². The molecule has 0 bridgehead atoms. The van der Waals surface area contributed by atoms with E-state index in [0.29, 0.717) is 28.3 Å². The molecule has 2 aromatic rings. The number of nitrogens with one attached hydrogen (secondary N) is 1. The summed E-state index contributed by atoms with van der Waals surface area (Å²) < 4.78 is 18.8. The SMILES string of the molecule is CNCc1noc(-c2cc(F)ccc2Br)n1. The van der Waals surface area contributed by atoms with Crippen LogP contribution in [-0.4, -0.2) is 17.2 Å². The van der Waals surface area contributed by atoms with Crippen LogP contribution in [0, 0.1) is 5.82 Å². The van der Waals surface area contributed by atoms with Crippen LogP contribution in [0.2, 0.25) is 0 Å². The molecule has 6 heteroatoms. The maximum Gasteiger partial charge on any atom is 0.259 e. The maximum atomic E-state index is 13.1. The Morgan fingerprint density at radius 3 is 3.06 bits per heavy atom. The van der Waals surface area contributed by atoms with Crippen molar-refractivity contribution in [3.63, 3.8) is 0 Å². The number of nitrogens with zero attached hydrogens (tertiary/aromatic N) is 2. The molecule has 1 heterocycles. The van der Waals surface area contributed by atoms with Gasteiger partial charge in [0.05, 0.1) is 12.1 Å². The van der Waals surface area contributed by atoms with Gasteiger partial charge in [0.2, 0.25) is 0 Å². The second-order valence-corrected chi connectivity index (χ2v) is 4.02. The van der Waals surface area contributed by atoms with Crippen molar-refractivity contribution < 1.29 is 8.91 Å². The van der Waals surface area contributed by atoms with Gasteiger partial charge >= 0.3 is 0 Å². The zero-order valence-electron chi connectivity index (χ0n) is 8.50. The first-order valence-electron chi connectivity index (χ1n) is 4.63. The van der Waals surface area contributed by atoms with Gasteiger partial charge in [-0.2, -0.15) is 4.98 Å². The Morgan fingerprint density at radius 2 is 2.31 bits per heavy atom. The Bertz CT molecular complexity index is 501. The minimum Gasteiger partial charge on any atom is -0.334 e. The van der Waals surface area contributed by atoms with Crippen LogP contribution in [0.25, 0.3) is 11.5 Å². The van der Waals surface area contributed by atoms with E-state index >= 15 is 0 Å². The number of hydrogen-bond acceptors (Lipinski definition) is 4. The number of aromatic nitrogens is 2. The van der Waals surface area contributed by atoms with E-state index in [4.69, 9.17) is 4.52 Å². The van der Waals surface area contributed by atoms with Gasteiger partial charge in [0.25, 0.3) is 5.89 Å². The Hall–Kier alpha value is -1.27. The van der Waals surface area contributed by atoms with Gasteiger partial charge in [-0.05, 0) is 41.2 Å². The second kappa shape index (κ2) is 4.71. The van der Waals surface area contributed by atoms with E-state index in [1.807, 2.05) is 0 Å². The normalized spacial score (nSPS) is 10.7. The molecular formula is C10H9BrFN3O. The summed E-state index contributed by atoms with van der Waals surface area (Å²) in [5.74, 6) is 0.497. The molecule has 0 amide bonds. The first kappa shape index (κ1) is 11.2. The van der Waals surface area contributed by atoms with Crippen LogP contribution in [0.3, 0.4) is 0 Å². The van der Waals surface area contributed by atoms with Crippen molar-refractivity contribution in [1.82, 2.24) is 15.5 Å². The van der Waals surface area contributed by atoms with Crippen LogP contribution in [0.4, 0.5) is 4.39 Å². The summed E-state index contributed by atoms with van der Waals surface area (Å²) in [7, 11) is 1.79. The van der Waals surface area contributed by atoms with Gasteiger partial charge in [-0.1, -0.05) is 5.16 Å². The lowest BCUT2D eigenvalue weighted by atomic mass is 10.2. The highest BCUT2D eigenvalue weighted by Crippen LogP contribution is 2.27. The molecule has 0 saturated heterocycles. The fourth-order valence-electron chi connectivity index (χ4n) is 1.25. The Balaban J connectivity index is 2.38. The highest BCUT2D eigenvalue weighted by Gasteiger charge is 2.12. The standard InChI is InChI=1S/C10H9BrFN3O/c1-13-5-9-14-10(16-15-9)7-4-6(12)2-3-8(7)11/h2-4,13H,5H2,1H3. The molecule has 0 aliphatic heterocycles. The third-order valence-electron chi connectivity index (χ3n) is 1.96. The van der Waals surface area contributed by atoms with Gasteiger partial charge in [0.1, 0.15) is 5.82 Å². The molecule has 1 aromatic heterocycles. The van der Waals surface area contributed by atoms with E-state index in [1.54, 1.807) is 13.1 Å². The molecule has 0 aliphatic rings. The lowest BCUT2D eigenvalue weighted by Crippen LogP contribution is -2.06. The predicted molar refractivity (Wildman–Crippen MR) is 60.2 cm³/mol. The third kappa shape index (κ3) is 2.28. The van der Waals surface area contributed by atoms with Crippen molar-refractivity contribution in [1.29, 1.82) is 0 Å². The Kier molecular flexibility index (Phi) is 3.31. The highest BCUT2D eigenvalue weighted by molar-refractivity contribution is 9.10. The van der Waals surface area contributed by atoms with Gasteiger partial charge in [-0.25, -0.2) is 4.39 Å².